The average molecular weight is 326 g/mol. The second kappa shape index (κ2) is 6.38. The second-order valence-electron chi connectivity index (χ2n) is 5.75. The van der Waals surface area contributed by atoms with Crippen LogP contribution in [0.1, 0.15) is 24.0 Å². The minimum Gasteiger partial charge on any atom is -0.375 e. The van der Waals surface area contributed by atoms with E-state index < -0.39 is 11.7 Å². The minimum absolute atomic E-state index is 0.0443. The van der Waals surface area contributed by atoms with Gasteiger partial charge in [0.25, 0.3) is 0 Å². The van der Waals surface area contributed by atoms with Gasteiger partial charge in [-0.1, -0.05) is 0 Å². The van der Waals surface area contributed by atoms with E-state index in [9.17, 15) is 13.2 Å². The van der Waals surface area contributed by atoms with E-state index in [2.05, 4.69) is 0 Å². The molecule has 0 aromatic heterocycles. The molecule has 4 nitrogen and oxygen atoms in total. The third kappa shape index (κ3) is 3.43. The molecule has 0 N–H and O–H groups in total. The van der Waals surface area contributed by atoms with Crippen molar-refractivity contribution in [3.05, 3.63) is 29.3 Å². The van der Waals surface area contributed by atoms with E-state index >= 15 is 0 Å². The zero-order chi connectivity index (χ0) is 16.4. The molecule has 2 saturated heterocycles. The van der Waals surface area contributed by atoms with Gasteiger partial charge in [0.15, 0.2) is 0 Å². The van der Waals surface area contributed by atoms with Crippen LogP contribution >= 0.6 is 0 Å². The van der Waals surface area contributed by atoms with Crippen molar-refractivity contribution in [2.24, 2.45) is 0 Å². The highest BCUT2D eigenvalue weighted by atomic mass is 19.4. The van der Waals surface area contributed by atoms with E-state index in [1.807, 2.05) is 6.07 Å². The first-order valence-corrected chi connectivity index (χ1v) is 7.58. The molecule has 23 heavy (non-hydrogen) atoms. The summed E-state index contributed by atoms with van der Waals surface area (Å²) >= 11 is 0. The highest BCUT2D eigenvalue weighted by molar-refractivity contribution is 5.59. The van der Waals surface area contributed by atoms with Crippen molar-refractivity contribution in [2.45, 2.75) is 31.2 Å². The quantitative estimate of drug-likeness (QED) is 0.838. The van der Waals surface area contributed by atoms with Crippen LogP contribution in [-0.4, -0.2) is 38.5 Å². The molecule has 2 unspecified atom stereocenters. The maximum atomic E-state index is 13.3. The van der Waals surface area contributed by atoms with Gasteiger partial charge in [-0.3, -0.25) is 0 Å². The van der Waals surface area contributed by atoms with Gasteiger partial charge in [-0.15, -0.1) is 0 Å². The molecule has 2 aliphatic heterocycles. The summed E-state index contributed by atoms with van der Waals surface area (Å²) in [4.78, 5) is 1.65. The molecule has 7 heteroatoms. The molecule has 1 aromatic carbocycles. The van der Waals surface area contributed by atoms with Crippen LogP contribution < -0.4 is 4.90 Å². The Hall–Kier alpha value is -1.78. The molecule has 124 valence electrons. The zero-order valence-corrected chi connectivity index (χ0v) is 12.5. The van der Waals surface area contributed by atoms with Crippen LogP contribution in [0.5, 0.6) is 0 Å². The molecule has 0 aliphatic carbocycles. The van der Waals surface area contributed by atoms with E-state index in [0.29, 0.717) is 26.3 Å². The van der Waals surface area contributed by atoms with Crippen LogP contribution in [0.2, 0.25) is 0 Å². The normalized spacial score (nSPS) is 25.4. The van der Waals surface area contributed by atoms with Crippen molar-refractivity contribution in [1.29, 1.82) is 5.26 Å². The van der Waals surface area contributed by atoms with E-state index in [0.717, 1.165) is 18.9 Å². The van der Waals surface area contributed by atoms with Crippen molar-refractivity contribution >= 4 is 5.69 Å². The standard InChI is InChI=1S/C16H17F3N2O2/c17-16(18,19)12-4-3-11(9-20)8-13(12)21-5-7-23-15(10-21)14-2-1-6-22-14/h3-4,8,14-15H,1-2,5-7,10H2. The van der Waals surface area contributed by atoms with Crippen LogP contribution in [0.4, 0.5) is 18.9 Å². The first-order valence-electron chi connectivity index (χ1n) is 7.58. The number of nitriles is 1. The number of morpholine rings is 1. The number of hydrogen-bond donors (Lipinski definition) is 0. The molecule has 0 radical (unpaired) electrons. The van der Waals surface area contributed by atoms with Crippen LogP contribution in [0, 0.1) is 11.3 Å². The Morgan fingerprint density at radius 2 is 1.96 bits per heavy atom. The summed E-state index contributed by atoms with van der Waals surface area (Å²) < 4.78 is 51.1. The Labute approximate surface area is 132 Å². The molecular formula is C16H17F3N2O2. The summed E-state index contributed by atoms with van der Waals surface area (Å²) in [5.41, 5.74) is -0.458. The Morgan fingerprint density at radius 3 is 2.61 bits per heavy atom. The highest BCUT2D eigenvalue weighted by Gasteiger charge is 2.37. The molecule has 0 spiro atoms. The van der Waals surface area contributed by atoms with E-state index in [4.69, 9.17) is 14.7 Å². The Balaban J connectivity index is 1.88. The predicted octanol–water partition coefficient (Wildman–Crippen LogP) is 2.96. The molecule has 2 fully saturated rings. The van der Waals surface area contributed by atoms with E-state index in [1.54, 1.807) is 4.90 Å². The molecular weight excluding hydrogens is 309 g/mol. The van der Waals surface area contributed by atoms with Crippen LogP contribution in [-0.2, 0) is 15.7 Å². The SMILES string of the molecule is N#Cc1ccc(C(F)(F)F)c(N2CCOC(C3CCCO3)C2)c1. The Morgan fingerprint density at radius 1 is 1.17 bits per heavy atom. The lowest BCUT2D eigenvalue weighted by molar-refractivity contribution is -0.137. The average Bonchev–Trinajstić information content (AvgIpc) is 3.08. The highest BCUT2D eigenvalue weighted by Crippen LogP contribution is 2.38. The number of anilines is 1. The van der Waals surface area contributed by atoms with Crippen molar-refractivity contribution < 1.29 is 22.6 Å². The Bertz CT molecular complexity index is 606. The zero-order valence-electron chi connectivity index (χ0n) is 12.5. The summed E-state index contributed by atoms with van der Waals surface area (Å²) in [6.45, 7) is 1.71. The summed E-state index contributed by atoms with van der Waals surface area (Å²) in [5, 5.41) is 8.98. The van der Waals surface area contributed by atoms with Crippen LogP contribution in [0.15, 0.2) is 18.2 Å². The number of rotatable bonds is 2. The number of halogens is 3. The van der Waals surface area contributed by atoms with Gasteiger partial charge in [0.2, 0.25) is 0 Å². The van der Waals surface area contributed by atoms with Gasteiger partial charge in [0.1, 0.15) is 6.10 Å². The number of nitrogens with zero attached hydrogens (tertiary/aromatic N) is 2. The van der Waals surface area contributed by atoms with Crippen LogP contribution in [0.25, 0.3) is 0 Å². The van der Waals surface area contributed by atoms with Crippen molar-refractivity contribution in [3.63, 3.8) is 0 Å². The topological polar surface area (TPSA) is 45.5 Å². The number of alkyl halides is 3. The summed E-state index contributed by atoms with van der Waals surface area (Å²) in [6.07, 6.45) is -2.95. The van der Waals surface area contributed by atoms with Crippen LogP contribution in [0.3, 0.4) is 0 Å². The van der Waals surface area contributed by atoms with Gasteiger partial charge < -0.3 is 14.4 Å². The molecule has 0 amide bonds. The summed E-state index contributed by atoms with van der Waals surface area (Å²) in [5.74, 6) is 0. The predicted molar refractivity (Wildman–Crippen MR) is 77.1 cm³/mol. The number of ether oxygens (including phenoxy) is 2. The first kappa shape index (κ1) is 16.1. The number of benzene rings is 1. The van der Waals surface area contributed by atoms with Gasteiger partial charge in [-0.25, -0.2) is 0 Å². The fourth-order valence-corrected chi connectivity index (χ4v) is 3.12. The fraction of sp³-hybridized carbons (Fsp3) is 0.562. The van der Waals surface area contributed by atoms with Crippen molar-refractivity contribution in [3.8, 4) is 6.07 Å². The molecule has 2 heterocycles. The lowest BCUT2D eigenvalue weighted by Gasteiger charge is -2.37. The lowest BCUT2D eigenvalue weighted by Crippen LogP contribution is -2.48. The Kier molecular flexibility index (Phi) is 4.46. The number of hydrogen-bond acceptors (Lipinski definition) is 4. The van der Waals surface area contributed by atoms with Crippen molar-refractivity contribution in [1.82, 2.24) is 0 Å². The lowest BCUT2D eigenvalue weighted by atomic mass is 10.0. The molecule has 3 rings (SSSR count). The van der Waals surface area contributed by atoms with Gasteiger partial charge in [-0.05, 0) is 31.0 Å². The summed E-state index contributed by atoms with van der Waals surface area (Å²) in [7, 11) is 0. The summed E-state index contributed by atoms with van der Waals surface area (Å²) in [6, 6.07) is 5.38. The van der Waals surface area contributed by atoms with Gasteiger partial charge in [0.05, 0.1) is 35.6 Å². The third-order valence-electron chi connectivity index (χ3n) is 4.25. The molecule has 1 aromatic rings. The second-order valence-corrected chi connectivity index (χ2v) is 5.75. The van der Waals surface area contributed by atoms with Gasteiger partial charge in [0, 0.05) is 19.7 Å². The largest absolute Gasteiger partial charge is 0.418 e. The van der Waals surface area contributed by atoms with Crippen molar-refractivity contribution in [2.75, 3.05) is 31.2 Å². The molecule has 2 aliphatic rings. The smallest absolute Gasteiger partial charge is 0.375 e. The van der Waals surface area contributed by atoms with E-state index in [-0.39, 0.29) is 23.5 Å². The molecule has 0 saturated carbocycles. The first-order chi connectivity index (χ1) is 11.0. The van der Waals surface area contributed by atoms with Gasteiger partial charge in [-0.2, -0.15) is 18.4 Å². The monoisotopic (exact) mass is 326 g/mol. The minimum atomic E-state index is -4.46. The van der Waals surface area contributed by atoms with E-state index in [1.165, 1.54) is 12.1 Å². The fourth-order valence-electron chi connectivity index (χ4n) is 3.12. The maximum Gasteiger partial charge on any atom is 0.418 e. The maximum absolute atomic E-state index is 13.3. The molecule has 0 bridgehead atoms. The third-order valence-corrected chi connectivity index (χ3v) is 4.25. The van der Waals surface area contributed by atoms with Gasteiger partial charge >= 0.3 is 6.18 Å². The molecule has 2 atom stereocenters.